The van der Waals surface area contributed by atoms with E-state index < -0.39 is 4.92 Å². The number of non-ortho nitro benzene ring substituents is 1. The molecule has 0 atom stereocenters. The third-order valence-electron chi connectivity index (χ3n) is 3.13. The Morgan fingerprint density at radius 1 is 1.21 bits per heavy atom. The molecule has 24 heavy (non-hydrogen) atoms. The number of hydrogen-bond acceptors (Lipinski definition) is 5. The zero-order valence-corrected chi connectivity index (χ0v) is 14.0. The largest absolute Gasteiger partial charge is 0.272 e. The minimum Gasteiger partial charge on any atom is -0.272 e. The van der Waals surface area contributed by atoms with Gasteiger partial charge in [-0.2, -0.15) is 5.10 Å². The van der Waals surface area contributed by atoms with E-state index in [4.69, 9.17) is 0 Å². The van der Waals surface area contributed by atoms with Crippen LogP contribution in [0.4, 0.5) is 5.69 Å². The van der Waals surface area contributed by atoms with Crippen LogP contribution in [0.1, 0.15) is 16.7 Å². The highest BCUT2D eigenvalue weighted by Crippen LogP contribution is 2.16. The summed E-state index contributed by atoms with van der Waals surface area (Å²) in [5.74, 6) is 0.681. The number of benzene rings is 2. The second-order valence-corrected chi connectivity index (χ2v) is 6.11. The number of nitro groups is 1. The normalized spacial score (nSPS) is 10.7. The Morgan fingerprint density at radius 3 is 2.50 bits per heavy atom. The third-order valence-corrected chi connectivity index (χ3v) is 4.13. The van der Waals surface area contributed by atoms with Crippen molar-refractivity contribution in [1.29, 1.82) is 0 Å². The monoisotopic (exact) mass is 343 g/mol. The second-order valence-electron chi connectivity index (χ2n) is 5.12. The van der Waals surface area contributed by atoms with Gasteiger partial charge in [-0.15, -0.1) is 11.8 Å². The van der Waals surface area contributed by atoms with E-state index in [-0.39, 0.29) is 17.3 Å². The van der Waals surface area contributed by atoms with E-state index in [0.717, 1.165) is 11.1 Å². The number of amides is 1. The van der Waals surface area contributed by atoms with E-state index in [9.17, 15) is 14.9 Å². The van der Waals surface area contributed by atoms with Gasteiger partial charge in [0.1, 0.15) is 0 Å². The quantitative estimate of drug-likeness (QED) is 0.475. The maximum Gasteiger partial charge on any atom is 0.269 e. The van der Waals surface area contributed by atoms with Crippen LogP contribution in [0.5, 0.6) is 0 Å². The van der Waals surface area contributed by atoms with Crippen LogP contribution in [0.3, 0.4) is 0 Å². The van der Waals surface area contributed by atoms with Crippen molar-refractivity contribution in [1.82, 2.24) is 5.43 Å². The van der Waals surface area contributed by atoms with Gasteiger partial charge in [-0.3, -0.25) is 14.9 Å². The molecule has 0 aromatic heterocycles. The van der Waals surface area contributed by atoms with Crippen LogP contribution >= 0.6 is 11.8 Å². The van der Waals surface area contributed by atoms with Gasteiger partial charge in [-0.25, -0.2) is 5.43 Å². The number of nitrogens with one attached hydrogen (secondary N) is 1. The van der Waals surface area contributed by atoms with Crippen LogP contribution in [0, 0.1) is 17.0 Å². The maximum atomic E-state index is 11.7. The number of aryl methyl sites for hydroxylation is 1. The molecule has 6 nitrogen and oxygen atoms in total. The Morgan fingerprint density at radius 2 is 1.88 bits per heavy atom. The van der Waals surface area contributed by atoms with Crippen LogP contribution in [0.15, 0.2) is 53.6 Å². The molecule has 0 aliphatic carbocycles. The lowest BCUT2D eigenvalue weighted by Crippen LogP contribution is -2.19. The van der Waals surface area contributed by atoms with Crippen molar-refractivity contribution in [3.8, 4) is 0 Å². The van der Waals surface area contributed by atoms with Crippen molar-refractivity contribution in [3.63, 3.8) is 0 Å². The molecule has 0 saturated carbocycles. The molecule has 0 aliphatic rings. The van der Waals surface area contributed by atoms with E-state index in [1.165, 1.54) is 29.5 Å². The number of carbonyl (C=O) groups is 1. The lowest BCUT2D eigenvalue weighted by Gasteiger charge is -2.01. The highest BCUT2D eigenvalue weighted by atomic mass is 32.2. The minimum atomic E-state index is -0.434. The lowest BCUT2D eigenvalue weighted by molar-refractivity contribution is -0.384. The van der Waals surface area contributed by atoms with Crippen LogP contribution < -0.4 is 5.43 Å². The summed E-state index contributed by atoms with van der Waals surface area (Å²) in [4.78, 5) is 21.8. The Hall–Kier alpha value is -2.67. The molecule has 0 spiro atoms. The van der Waals surface area contributed by atoms with Crippen LogP contribution in [0.2, 0.25) is 0 Å². The summed E-state index contributed by atoms with van der Waals surface area (Å²) in [5, 5.41) is 14.5. The first-order chi connectivity index (χ1) is 11.5. The molecule has 2 rings (SSSR count). The van der Waals surface area contributed by atoms with E-state index in [1.54, 1.807) is 18.3 Å². The summed E-state index contributed by atoms with van der Waals surface area (Å²) in [6.45, 7) is 2.00. The van der Waals surface area contributed by atoms with Crippen molar-refractivity contribution in [2.45, 2.75) is 12.7 Å². The average Bonchev–Trinajstić information content (AvgIpc) is 2.57. The number of nitro benzene ring substituents is 1. The molecule has 0 heterocycles. The van der Waals surface area contributed by atoms with Gasteiger partial charge in [0, 0.05) is 17.9 Å². The van der Waals surface area contributed by atoms with E-state index >= 15 is 0 Å². The Kier molecular flexibility index (Phi) is 6.51. The fourth-order valence-corrected chi connectivity index (χ4v) is 2.62. The van der Waals surface area contributed by atoms with Crippen molar-refractivity contribution in [2.75, 3.05) is 5.75 Å². The minimum absolute atomic E-state index is 0.0620. The molecule has 0 radical (unpaired) electrons. The second kappa shape index (κ2) is 8.83. The highest BCUT2D eigenvalue weighted by molar-refractivity contribution is 7.99. The molecule has 1 N–H and O–H groups in total. The number of hydrogen-bond donors (Lipinski definition) is 1. The number of rotatable bonds is 7. The molecule has 124 valence electrons. The summed E-state index contributed by atoms with van der Waals surface area (Å²) < 4.78 is 0. The van der Waals surface area contributed by atoms with Crippen LogP contribution in [-0.4, -0.2) is 22.8 Å². The number of carbonyl (C=O) groups excluding carboxylic acids is 1. The van der Waals surface area contributed by atoms with Gasteiger partial charge in [0.05, 0.1) is 16.9 Å². The van der Waals surface area contributed by atoms with Crippen molar-refractivity contribution in [3.05, 3.63) is 75.3 Å². The Bertz CT molecular complexity index is 728. The third kappa shape index (κ3) is 5.85. The fourth-order valence-electron chi connectivity index (χ4n) is 1.84. The smallest absolute Gasteiger partial charge is 0.269 e. The van der Waals surface area contributed by atoms with E-state index in [0.29, 0.717) is 5.75 Å². The van der Waals surface area contributed by atoms with E-state index in [2.05, 4.69) is 10.5 Å². The summed E-state index contributed by atoms with van der Waals surface area (Å²) in [5.41, 5.74) is 5.55. The van der Waals surface area contributed by atoms with E-state index in [1.807, 2.05) is 31.2 Å². The molecule has 0 bridgehead atoms. The summed E-state index contributed by atoms with van der Waals surface area (Å²) >= 11 is 1.42. The standard InChI is InChI=1S/C17H17N3O3S/c1-13-2-4-14(5-3-13)10-18-19-17(21)12-24-11-15-6-8-16(9-7-15)20(22)23/h2-10H,11-12H2,1H3,(H,19,21)/b18-10-. The average molecular weight is 343 g/mol. The van der Waals surface area contributed by atoms with Gasteiger partial charge in [-0.05, 0) is 18.1 Å². The summed E-state index contributed by atoms with van der Waals surface area (Å²) in [6.07, 6.45) is 1.60. The molecule has 0 fully saturated rings. The van der Waals surface area contributed by atoms with Gasteiger partial charge in [-0.1, -0.05) is 42.0 Å². The zero-order chi connectivity index (χ0) is 17.4. The zero-order valence-electron chi connectivity index (χ0n) is 13.1. The highest BCUT2D eigenvalue weighted by Gasteiger charge is 2.05. The molecule has 2 aromatic carbocycles. The first-order valence-corrected chi connectivity index (χ1v) is 8.40. The molecule has 0 unspecified atom stereocenters. The summed E-state index contributed by atoms with van der Waals surface area (Å²) in [7, 11) is 0. The van der Waals surface area contributed by atoms with Crippen LogP contribution in [0.25, 0.3) is 0 Å². The van der Waals surface area contributed by atoms with Crippen LogP contribution in [-0.2, 0) is 10.5 Å². The predicted octanol–water partition coefficient (Wildman–Crippen LogP) is 3.29. The Labute approximate surface area is 144 Å². The van der Waals surface area contributed by atoms with Gasteiger partial charge in [0.15, 0.2) is 0 Å². The van der Waals surface area contributed by atoms with Gasteiger partial charge in [0.25, 0.3) is 5.69 Å². The van der Waals surface area contributed by atoms with Gasteiger partial charge >= 0.3 is 0 Å². The van der Waals surface area contributed by atoms with Crippen molar-refractivity contribution in [2.24, 2.45) is 5.10 Å². The molecular weight excluding hydrogens is 326 g/mol. The lowest BCUT2D eigenvalue weighted by atomic mass is 10.2. The summed E-state index contributed by atoms with van der Waals surface area (Å²) in [6, 6.07) is 14.1. The SMILES string of the molecule is Cc1ccc(/C=N\NC(=O)CSCc2ccc([N+](=O)[O-])cc2)cc1. The first kappa shape index (κ1) is 17.7. The molecule has 2 aromatic rings. The Balaban J connectivity index is 1.71. The molecule has 0 aliphatic heterocycles. The molecule has 1 amide bonds. The van der Waals surface area contributed by atoms with Crippen molar-refractivity contribution < 1.29 is 9.72 Å². The maximum absolute atomic E-state index is 11.7. The topological polar surface area (TPSA) is 84.6 Å². The number of hydrazone groups is 1. The first-order valence-electron chi connectivity index (χ1n) is 7.24. The molecule has 7 heteroatoms. The predicted molar refractivity (Wildman–Crippen MR) is 96.2 cm³/mol. The van der Waals surface area contributed by atoms with Gasteiger partial charge in [0.2, 0.25) is 5.91 Å². The molecule has 0 saturated heterocycles. The molecular formula is C17H17N3O3S. The fraction of sp³-hybridized carbons (Fsp3) is 0.176. The van der Waals surface area contributed by atoms with Crippen molar-refractivity contribution >= 4 is 29.6 Å². The van der Waals surface area contributed by atoms with Gasteiger partial charge < -0.3 is 0 Å². The number of thioether (sulfide) groups is 1. The number of nitrogens with zero attached hydrogens (tertiary/aromatic N) is 2.